The van der Waals surface area contributed by atoms with Gasteiger partial charge < -0.3 is 4.74 Å². The van der Waals surface area contributed by atoms with Crippen LogP contribution in [0.25, 0.3) is 0 Å². The van der Waals surface area contributed by atoms with Crippen molar-refractivity contribution in [1.82, 2.24) is 9.78 Å². The number of anilines is 1. The molecule has 0 spiro atoms. The Morgan fingerprint density at radius 2 is 2.10 bits per heavy atom. The molecule has 106 valence electrons. The van der Waals surface area contributed by atoms with E-state index in [0.717, 1.165) is 0 Å². The predicted octanol–water partition coefficient (Wildman–Crippen LogP) is 2.49. The first-order valence-electron chi connectivity index (χ1n) is 6.24. The lowest BCUT2D eigenvalue weighted by Crippen LogP contribution is -2.26. The Labute approximate surface area is 117 Å². The van der Waals surface area contributed by atoms with Crippen LogP contribution in [0.4, 0.5) is 5.69 Å². The maximum absolute atomic E-state index is 12.6. The molecule has 1 unspecified atom stereocenters. The van der Waals surface area contributed by atoms with Crippen molar-refractivity contribution in [2.75, 3.05) is 4.72 Å². The van der Waals surface area contributed by atoms with E-state index in [4.69, 9.17) is 9.52 Å². The van der Waals surface area contributed by atoms with Crippen LogP contribution in [0.5, 0.6) is 5.88 Å². The number of nitrogens with one attached hydrogen (secondary N) is 2. The van der Waals surface area contributed by atoms with E-state index in [1.54, 1.807) is 16.8 Å². The molecule has 0 amide bonds. The van der Waals surface area contributed by atoms with Gasteiger partial charge in [0.15, 0.2) is 9.92 Å². The number of ether oxygens (including phenoxy) is 1. The summed E-state index contributed by atoms with van der Waals surface area (Å²) in [6.07, 6.45) is 1.44. The third-order valence-electron chi connectivity index (χ3n) is 3.01. The lowest BCUT2D eigenvalue weighted by molar-refractivity contribution is 0.132. The first kappa shape index (κ1) is 13.0. The van der Waals surface area contributed by atoms with Crippen LogP contribution in [0.1, 0.15) is 13.8 Å². The summed E-state index contributed by atoms with van der Waals surface area (Å²) in [4.78, 5) is 0.284. The summed E-state index contributed by atoms with van der Waals surface area (Å²) in [7, 11) is -3.20. The zero-order valence-corrected chi connectivity index (χ0v) is 12.1. The third-order valence-corrected chi connectivity index (χ3v) is 4.43. The van der Waals surface area contributed by atoms with Gasteiger partial charge in [-0.05, 0) is 26.0 Å². The molecular weight excluding hydrogens is 276 g/mol. The largest absolute Gasteiger partial charge is 0.469 e. The highest BCUT2D eigenvalue weighted by Gasteiger charge is 2.35. The minimum Gasteiger partial charge on any atom is -0.469 e. The van der Waals surface area contributed by atoms with E-state index < -0.39 is 9.92 Å². The predicted molar refractivity (Wildman–Crippen MR) is 76.1 cm³/mol. The highest BCUT2D eigenvalue weighted by atomic mass is 32.2. The van der Waals surface area contributed by atoms with Crippen molar-refractivity contribution in [3.8, 4) is 5.88 Å². The Kier molecular flexibility index (Phi) is 2.75. The molecule has 1 aliphatic heterocycles. The molecule has 2 N–H and O–H groups in total. The minimum atomic E-state index is -3.20. The van der Waals surface area contributed by atoms with Gasteiger partial charge in [0.05, 0.1) is 12.7 Å². The number of hydrogen-bond donors (Lipinski definition) is 2. The normalized spacial score (nSPS) is 18.9. The van der Waals surface area contributed by atoms with E-state index >= 15 is 0 Å². The highest BCUT2D eigenvalue weighted by Crippen LogP contribution is 2.35. The number of para-hydroxylation sites is 1. The summed E-state index contributed by atoms with van der Waals surface area (Å²) in [6, 6.07) is 9.03. The summed E-state index contributed by atoms with van der Waals surface area (Å²) in [5.74, 6) is 0.415. The van der Waals surface area contributed by atoms with Crippen LogP contribution in [0.15, 0.2) is 41.4 Å². The smallest absolute Gasteiger partial charge is 0.232 e. The molecule has 0 saturated carbocycles. The molecule has 1 atom stereocenters. The van der Waals surface area contributed by atoms with Crippen LogP contribution >= 0.6 is 0 Å². The lowest BCUT2D eigenvalue weighted by atomic mass is 10.1. The SMILES string of the molecule is CC1(C)Cn2ncc(S(=N)(=O)Nc3ccccc3)c2O1. The number of aromatic nitrogens is 2. The van der Waals surface area contributed by atoms with Crippen LogP contribution in [-0.4, -0.2) is 19.6 Å². The number of rotatable bonds is 3. The van der Waals surface area contributed by atoms with E-state index in [-0.39, 0.29) is 10.5 Å². The maximum atomic E-state index is 12.6. The Balaban J connectivity index is 1.95. The van der Waals surface area contributed by atoms with Crippen LogP contribution in [0, 0.1) is 4.78 Å². The van der Waals surface area contributed by atoms with Gasteiger partial charge in [0.25, 0.3) is 0 Å². The zero-order valence-electron chi connectivity index (χ0n) is 11.3. The maximum Gasteiger partial charge on any atom is 0.232 e. The third kappa shape index (κ3) is 2.24. The molecule has 0 radical (unpaired) electrons. The van der Waals surface area contributed by atoms with Crippen molar-refractivity contribution < 1.29 is 8.95 Å². The highest BCUT2D eigenvalue weighted by molar-refractivity contribution is 7.93. The first-order chi connectivity index (χ1) is 9.37. The molecule has 1 aromatic carbocycles. The number of hydrogen-bond acceptors (Lipinski definition) is 4. The van der Waals surface area contributed by atoms with Gasteiger partial charge >= 0.3 is 0 Å². The molecule has 2 aromatic rings. The molecule has 6 nitrogen and oxygen atoms in total. The van der Waals surface area contributed by atoms with Crippen molar-refractivity contribution in [2.45, 2.75) is 30.9 Å². The van der Waals surface area contributed by atoms with Crippen molar-refractivity contribution in [3.05, 3.63) is 36.5 Å². The van der Waals surface area contributed by atoms with Crippen molar-refractivity contribution in [1.29, 1.82) is 4.78 Å². The monoisotopic (exact) mass is 292 g/mol. The molecule has 0 bridgehead atoms. The topological polar surface area (TPSA) is 80.0 Å². The van der Waals surface area contributed by atoms with E-state index in [0.29, 0.717) is 18.1 Å². The van der Waals surface area contributed by atoms with E-state index in [2.05, 4.69) is 9.82 Å². The second kappa shape index (κ2) is 4.24. The van der Waals surface area contributed by atoms with Crippen molar-refractivity contribution in [3.63, 3.8) is 0 Å². The van der Waals surface area contributed by atoms with E-state index in [1.165, 1.54) is 6.20 Å². The first-order valence-corrected chi connectivity index (χ1v) is 7.80. The number of benzene rings is 1. The van der Waals surface area contributed by atoms with Crippen LogP contribution in [-0.2, 0) is 16.5 Å². The molecule has 0 fully saturated rings. The second-order valence-corrected chi connectivity index (χ2v) is 7.11. The molecule has 0 saturated heterocycles. The second-order valence-electron chi connectivity index (χ2n) is 5.36. The van der Waals surface area contributed by atoms with Crippen molar-refractivity contribution in [2.24, 2.45) is 0 Å². The van der Waals surface area contributed by atoms with Gasteiger partial charge in [-0.25, -0.2) is 13.7 Å². The fourth-order valence-electron chi connectivity index (χ4n) is 2.15. The summed E-state index contributed by atoms with van der Waals surface area (Å²) in [6.45, 7) is 4.45. The quantitative estimate of drug-likeness (QED) is 0.912. The van der Waals surface area contributed by atoms with Gasteiger partial charge in [0.1, 0.15) is 10.5 Å². The van der Waals surface area contributed by atoms with Gasteiger partial charge in [0, 0.05) is 5.69 Å². The molecule has 1 aromatic heterocycles. The number of nitrogens with zero attached hydrogens (tertiary/aromatic N) is 2. The molecule has 3 rings (SSSR count). The Morgan fingerprint density at radius 1 is 1.40 bits per heavy atom. The van der Waals surface area contributed by atoms with Gasteiger partial charge in [-0.3, -0.25) is 4.72 Å². The van der Waals surface area contributed by atoms with Gasteiger partial charge in [0.2, 0.25) is 5.88 Å². The fraction of sp³-hybridized carbons (Fsp3) is 0.308. The van der Waals surface area contributed by atoms with Crippen LogP contribution in [0.3, 0.4) is 0 Å². The average molecular weight is 292 g/mol. The molecule has 2 heterocycles. The fourth-order valence-corrected chi connectivity index (χ4v) is 3.32. The summed E-state index contributed by atoms with van der Waals surface area (Å²) >= 11 is 0. The minimum absolute atomic E-state index is 0.284. The average Bonchev–Trinajstić information content (AvgIpc) is 2.84. The standard InChI is InChI=1S/C13H16N4O2S/c1-13(2)9-17-12(19-13)11(8-15-17)20(14,18)16-10-6-4-3-5-7-10/h3-8H,9H2,1-2H3,(H2,14,16,18). The summed E-state index contributed by atoms with van der Waals surface area (Å²) in [5.41, 5.74) is 0.241. The molecule has 1 aliphatic rings. The molecule has 0 aliphatic carbocycles. The summed E-state index contributed by atoms with van der Waals surface area (Å²) in [5, 5.41) is 4.15. The van der Waals surface area contributed by atoms with Gasteiger partial charge in [-0.1, -0.05) is 18.2 Å². The Bertz CT molecular complexity index is 735. The van der Waals surface area contributed by atoms with Gasteiger partial charge in [-0.15, -0.1) is 0 Å². The lowest BCUT2D eigenvalue weighted by Gasteiger charge is -2.17. The molecule has 20 heavy (non-hydrogen) atoms. The van der Waals surface area contributed by atoms with Gasteiger partial charge in [-0.2, -0.15) is 5.10 Å². The van der Waals surface area contributed by atoms with Crippen molar-refractivity contribution >= 4 is 15.6 Å². The van der Waals surface area contributed by atoms with E-state index in [1.807, 2.05) is 32.0 Å². The van der Waals surface area contributed by atoms with E-state index in [9.17, 15) is 4.21 Å². The Hall–Kier alpha value is -2.02. The van der Waals surface area contributed by atoms with Crippen LogP contribution < -0.4 is 9.46 Å². The van der Waals surface area contributed by atoms with Crippen LogP contribution in [0.2, 0.25) is 0 Å². The molecule has 7 heteroatoms. The molecular formula is C13H16N4O2S. The summed E-state index contributed by atoms with van der Waals surface area (Å²) < 4.78 is 30.9. The number of fused-ring (bicyclic) bond motifs is 1. The Morgan fingerprint density at radius 3 is 2.80 bits per heavy atom. The zero-order chi connectivity index (χ0) is 14.4.